The van der Waals surface area contributed by atoms with Gasteiger partial charge >= 0.3 is 0 Å². The summed E-state index contributed by atoms with van der Waals surface area (Å²) in [5, 5.41) is 2.81. The molecule has 2 aromatic rings. The molecule has 1 saturated carbocycles. The van der Waals surface area contributed by atoms with E-state index in [1.807, 2.05) is 6.07 Å². The van der Waals surface area contributed by atoms with E-state index in [-0.39, 0.29) is 17.2 Å². The van der Waals surface area contributed by atoms with Crippen LogP contribution in [0.5, 0.6) is 0 Å². The van der Waals surface area contributed by atoms with E-state index >= 15 is 0 Å². The van der Waals surface area contributed by atoms with Gasteiger partial charge in [0.1, 0.15) is 11.5 Å². The average Bonchev–Trinajstić information content (AvgIpc) is 3.39. The Kier molecular flexibility index (Phi) is 3.44. The van der Waals surface area contributed by atoms with Gasteiger partial charge in [-0.2, -0.15) is 0 Å². The summed E-state index contributed by atoms with van der Waals surface area (Å²) in [6, 6.07) is 3.22. The summed E-state index contributed by atoms with van der Waals surface area (Å²) < 4.78 is 0. The lowest BCUT2D eigenvalue weighted by Gasteiger charge is -2.15. The molecular weight excluding hydrogens is 292 g/mol. The van der Waals surface area contributed by atoms with E-state index in [2.05, 4.69) is 20.3 Å². The zero-order valence-corrected chi connectivity index (χ0v) is 12.8. The summed E-state index contributed by atoms with van der Waals surface area (Å²) in [5.74, 6) is 0.544. The number of rotatable bonds is 3. The van der Waals surface area contributed by atoms with Crippen LogP contribution in [0.25, 0.3) is 0 Å². The summed E-state index contributed by atoms with van der Waals surface area (Å²) in [4.78, 5) is 35.5. The number of nitrogens with one attached hydrogen (secondary N) is 2. The molecule has 1 fully saturated rings. The quantitative estimate of drug-likeness (QED) is 0.909. The van der Waals surface area contributed by atoms with Gasteiger partial charge in [-0.1, -0.05) is 0 Å². The van der Waals surface area contributed by atoms with Gasteiger partial charge in [0.15, 0.2) is 0 Å². The van der Waals surface area contributed by atoms with Crippen LogP contribution in [0.15, 0.2) is 23.1 Å². The topological polar surface area (TPSA) is 87.7 Å². The Labute approximate surface area is 133 Å². The largest absolute Gasteiger partial charge is 0.319 e. The van der Waals surface area contributed by atoms with Crippen LogP contribution in [0.2, 0.25) is 0 Å². The van der Waals surface area contributed by atoms with Crippen LogP contribution in [-0.2, 0) is 12.8 Å². The lowest BCUT2D eigenvalue weighted by atomic mass is 9.96. The second-order valence-corrected chi connectivity index (χ2v) is 6.28. The maximum Gasteiger partial charge on any atom is 0.274 e. The van der Waals surface area contributed by atoms with Crippen molar-refractivity contribution in [3.63, 3.8) is 0 Å². The number of hydrogen-bond donors (Lipinski definition) is 2. The van der Waals surface area contributed by atoms with Crippen molar-refractivity contribution in [1.82, 2.24) is 15.0 Å². The molecule has 0 aliphatic heterocycles. The first-order valence-corrected chi connectivity index (χ1v) is 8.09. The third-order valence-electron chi connectivity index (χ3n) is 4.38. The van der Waals surface area contributed by atoms with Crippen molar-refractivity contribution in [1.29, 1.82) is 0 Å². The SMILES string of the molecule is O=C(Nc1cnc2c(c1)CCCC2)c1cc(=O)[nH]c(C2CC2)n1. The molecular formula is C17H18N4O2. The molecule has 0 saturated heterocycles. The molecule has 0 spiro atoms. The van der Waals surface area contributed by atoms with Gasteiger partial charge in [-0.15, -0.1) is 0 Å². The molecule has 6 heteroatoms. The second-order valence-electron chi connectivity index (χ2n) is 6.28. The van der Waals surface area contributed by atoms with Crippen LogP contribution in [0.4, 0.5) is 5.69 Å². The highest BCUT2D eigenvalue weighted by Gasteiger charge is 2.27. The van der Waals surface area contributed by atoms with Gasteiger partial charge in [0.25, 0.3) is 11.5 Å². The normalized spacial score (nSPS) is 16.7. The predicted octanol–water partition coefficient (Wildman–Crippen LogP) is 2.17. The van der Waals surface area contributed by atoms with E-state index in [9.17, 15) is 9.59 Å². The molecule has 0 atom stereocenters. The van der Waals surface area contributed by atoms with Gasteiger partial charge in [0.2, 0.25) is 0 Å². The molecule has 23 heavy (non-hydrogen) atoms. The molecule has 6 nitrogen and oxygen atoms in total. The Balaban J connectivity index is 1.57. The molecule has 2 heterocycles. The monoisotopic (exact) mass is 310 g/mol. The highest BCUT2D eigenvalue weighted by atomic mass is 16.2. The number of aromatic amines is 1. The van der Waals surface area contributed by atoms with Crippen LogP contribution in [0.3, 0.4) is 0 Å². The van der Waals surface area contributed by atoms with Gasteiger partial charge in [-0.25, -0.2) is 4.98 Å². The first-order valence-electron chi connectivity index (χ1n) is 8.09. The minimum atomic E-state index is -0.365. The molecule has 2 aromatic heterocycles. The molecule has 0 aromatic carbocycles. The summed E-state index contributed by atoms with van der Waals surface area (Å²) in [6.07, 6.45) is 8.05. The number of hydrogen-bond acceptors (Lipinski definition) is 4. The smallest absolute Gasteiger partial charge is 0.274 e. The van der Waals surface area contributed by atoms with E-state index in [0.29, 0.717) is 17.4 Å². The lowest BCUT2D eigenvalue weighted by molar-refractivity contribution is 0.102. The second kappa shape index (κ2) is 5.61. The number of pyridine rings is 1. The van der Waals surface area contributed by atoms with Gasteiger partial charge < -0.3 is 10.3 Å². The zero-order chi connectivity index (χ0) is 15.8. The molecule has 0 radical (unpaired) electrons. The van der Waals surface area contributed by atoms with E-state index < -0.39 is 0 Å². The molecule has 2 aliphatic carbocycles. The van der Waals surface area contributed by atoms with Crippen LogP contribution in [0, 0.1) is 0 Å². The number of nitrogens with zero attached hydrogens (tertiary/aromatic N) is 2. The van der Waals surface area contributed by atoms with Gasteiger partial charge in [-0.05, 0) is 50.2 Å². The minimum Gasteiger partial charge on any atom is -0.319 e. The molecule has 1 amide bonds. The third-order valence-corrected chi connectivity index (χ3v) is 4.38. The maximum absolute atomic E-state index is 12.4. The number of carbonyl (C=O) groups is 1. The fourth-order valence-electron chi connectivity index (χ4n) is 2.99. The third kappa shape index (κ3) is 3.02. The van der Waals surface area contributed by atoms with Crippen molar-refractivity contribution in [2.45, 2.75) is 44.4 Å². The Bertz CT molecular complexity index is 824. The average molecular weight is 310 g/mol. The number of aromatic nitrogens is 3. The summed E-state index contributed by atoms with van der Waals surface area (Å²) >= 11 is 0. The van der Waals surface area contributed by atoms with Crippen LogP contribution in [-0.4, -0.2) is 20.9 Å². The summed E-state index contributed by atoms with van der Waals surface area (Å²) in [5.41, 5.74) is 2.86. The Hall–Kier alpha value is -2.50. The van der Waals surface area contributed by atoms with Crippen molar-refractivity contribution < 1.29 is 4.79 Å². The summed E-state index contributed by atoms with van der Waals surface area (Å²) in [7, 11) is 0. The van der Waals surface area contributed by atoms with Crippen molar-refractivity contribution in [3.8, 4) is 0 Å². The van der Waals surface area contributed by atoms with Crippen molar-refractivity contribution in [2.24, 2.45) is 0 Å². The maximum atomic E-state index is 12.4. The number of aryl methyl sites for hydroxylation is 2. The zero-order valence-electron chi connectivity index (χ0n) is 12.8. The highest BCUT2D eigenvalue weighted by Crippen LogP contribution is 2.37. The predicted molar refractivity (Wildman–Crippen MR) is 85.7 cm³/mol. The Morgan fingerprint density at radius 2 is 2.04 bits per heavy atom. The Morgan fingerprint density at radius 1 is 1.22 bits per heavy atom. The van der Waals surface area contributed by atoms with Crippen molar-refractivity contribution in [3.05, 3.63) is 51.5 Å². The van der Waals surface area contributed by atoms with Crippen LogP contribution in [0.1, 0.15) is 59.2 Å². The number of amides is 1. The first kappa shape index (κ1) is 14.1. The van der Waals surface area contributed by atoms with Crippen molar-refractivity contribution in [2.75, 3.05) is 5.32 Å². The van der Waals surface area contributed by atoms with Gasteiger partial charge in [0.05, 0.1) is 11.9 Å². The molecule has 118 valence electrons. The Morgan fingerprint density at radius 3 is 2.87 bits per heavy atom. The molecule has 0 bridgehead atoms. The fraction of sp³-hybridized carbons (Fsp3) is 0.412. The molecule has 2 aliphatic rings. The molecule has 4 rings (SSSR count). The van der Waals surface area contributed by atoms with E-state index in [0.717, 1.165) is 37.8 Å². The highest BCUT2D eigenvalue weighted by molar-refractivity contribution is 6.02. The van der Waals surface area contributed by atoms with Gasteiger partial charge in [-0.3, -0.25) is 14.6 Å². The lowest BCUT2D eigenvalue weighted by Crippen LogP contribution is -2.20. The van der Waals surface area contributed by atoms with Crippen molar-refractivity contribution >= 4 is 11.6 Å². The number of fused-ring (bicyclic) bond motifs is 1. The molecule has 2 N–H and O–H groups in total. The minimum absolute atomic E-state index is 0.161. The van der Waals surface area contributed by atoms with E-state index in [1.165, 1.54) is 18.1 Å². The standard InChI is InChI=1S/C17H18N4O2/c22-15-8-14(20-16(21-15)10-5-6-10)17(23)19-12-7-11-3-1-2-4-13(11)18-9-12/h7-10H,1-6H2,(H,19,23)(H,20,21,22). The fourth-order valence-corrected chi connectivity index (χ4v) is 2.99. The van der Waals surface area contributed by atoms with E-state index in [1.54, 1.807) is 6.20 Å². The van der Waals surface area contributed by atoms with Crippen LogP contribution >= 0.6 is 0 Å². The van der Waals surface area contributed by atoms with E-state index in [4.69, 9.17) is 0 Å². The van der Waals surface area contributed by atoms with Gasteiger partial charge in [0, 0.05) is 17.7 Å². The number of carbonyl (C=O) groups excluding carboxylic acids is 1. The molecule has 0 unspecified atom stereocenters. The number of H-pyrrole nitrogens is 1. The first-order chi connectivity index (χ1) is 11.2. The summed E-state index contributed by atoms with van der Waals surface area (Å²) in [6.45, 7) is 0. The number of anilines is 1. The van der Waals surface area contributed by atoms with Crippen LogP contribution < -0.4 is 10.9 Å².